The zero-order valence-corrected chi connectivity index (χ0v) is 23.9. The van der Waals surface area contributed by atoms with E-state index in [4.69, 9.17) is 11.6 Å². The number of benzene rings is 1. The predicted octanol–water partition coefficient (Wildman–Crippen LogP) is 5.18. The van der Waals surface area contributed by atoms with E-state index in [-0.39, 0.29) is 17.9 Å². The minimum atomic E-state index is -0.532. The maximum atomic E-state index is 14.2. The highest BCUT2D eigenvalue weighted by molar-refractivity contribution is 6.30. The van der Waals surface area contributed by atoms with Gasteiger partial charge in [0.25, 0.3) is 5.91 Å². The second-order valence-corrected chi connectivity index (χ2v) is 11.9. The Labute approximate surface area is 245 Å². The van der Waals surface area contributed by atoms with E-state index in [1.165, 1.54) is 0 Å². The van der Waals surface area contributed by atoms with Gasteiger partial charge in [-0.1, -0.05) is 29.8 Å². The first kappa shape index (κ1) is 27.2. The number of hydrogen-bond acceptors (Lipinski definition) is 6. The summed E-state index contributed by atoms with van der Waals surface area (Å²) in [6.45, 7) is 3.90. The third kappa shape index (κ3) is 5.04. The molecule has 41 heavy (non-hydrogen) atoms. The topological polar surface area (TPSA) is 102 Å². The summed E-state index contributed by atoms with van der Waals surface area (Å²) in [6.07, 6.45) is 9.99. The Morgan fingerprint density at radius 2 is 1.88 bits per heavy atom. The van der Waals surface area contributed by atoms with E-state index in [9.17, 15) is 14.9 Å². The molecule has 1 aliphatic carbocycles. The average Bonchev–Trinajstić information content (AvgIpc) is 3.22. The largest absolute Gasteiger partial charge is 0.369 e. The maximum absolute atomic E-state index is 14.2. The number of aromatic nitrogens is 2. The molecule has 4 heterocycles. The van der Waals surface area contributed by atoms with Crippen LogP contribution in [0.3, 0.4) is 0 Å². The van der Waals surface area contributed by atoms with Crippen molar-refractivity contribution >= 4 is 34.8 Å². The number of para-hydroxylation sites is 1. The molecule has 1 N–H and O–H groups in total. The summed E-state index contributed by atoms with van der Waals surface area (Å²) in [4.78, 5) is 39.7. The summed E-state index contributed by atoms with van der Waals surface area (Å²) in [5.41, 5.74) is 4.26. The molecule has 9 heteroatoms. The minimum Gasteiger partial charge on any atom is -0.369 e. The Kier molecular flexibility index (Phi) is 7.39. The lowest BCUT2D eigenvalue weighted by Gasteiger charge is -2.40. The molecular weight excluding hydrogens is 536 g/mol. The van der Waals surface area contributed by atoms with E-state index in [1.54, 1.807) is 30.7 Å². The lowest BCUT2D eigenvalue weighted by Crippen LogP contribution is -2.50. The van der Waals surface area contributed by atoms with E-state index in [1.807, 2.05) is 24.0 Å². The predicted molar refractivity (Wildman–Crippen MR) is 158 cm³/mol. The van der Waals surface area contributed by atoms with Crippen LogP contribution in [0.4, 0.5) is 11.4 Å². The molecule has 0 radical (unpaired) electrons. The third-order valence-electron chi connectivity index (χ3n) is 9.16. The molecule has 3 aromatic rings. The number of nitriles is 1. The van der Waals surface area contributed by atoms with Gasteiger partial charge < -0.3 is 15.1 Å². The number of nitrogens with one attached hydrogen (secondary N) is 1. The van der Waals surface area contributed by atoms with Crippen LogP contribution in [0.2, 0.25) is 5.02 Å². The third-order valence-corrected chi connectivity index (χ3v) is 9.37. The Morgan fingerprint density at radius 1 is 1.12 bits per heavy atom. The zero-order chi connectivity index (χ0) is 28.6. The van der Waals surface area contributed by atoms with Gasteiger partial charge in [0.1, 0.15) is 6.07 Å². The first-order valence-corrected chi connectivity index (χ1v) is 14.7. The number of piperidine rings is 1. The number of hydrogen-bond donors (Lipinski definition) is 1. The van der Waals surface area contributed by atoms with Crippen molar-refractivity contribution in [2.75, 3.05) is 29.4 Å². The molecule has 2 aromatic heterocycles. The summed E-state index contributed by atoms with van der Waals surface area (Å²) < 4.78 is 0. The number of nitrogens with zero attached hydrogens (tertiary/aromatic N) is 5. The van der Waals surface area contributed by atoms with E-state index in [2.05, 4.69) is 38.4 Å². The molecule has 6 rings (SSSR count). The van der Waals surface area contributed by atoms with Gasteiger partial charge in [-0.2, -0.15) is 5.26 Å². The van der Waals surface area contributed by atoms with Crippen molar-refractivity contribution in [1.82, 2.24) is 15.3 Å². The fourth-order valence-corrected chi connectivity index (χ4v) is 7.03. The molecule has 3 aliphatic rings. The molecule has 1 aromatic carbocycles. The number of fused-ring (bicyclic) bond motifs is 2. The van der Waals surface area contributed by atoms with Crippen molar-refractivity contribution in [2.45, 2.75) is 56.9 Å². The number of rotatable bonds is 5. The number of halogens is 1. The molecule has 2 fully saturated rings. The van der Waals surface area contributed by atoms with Crippen LogP contribution in [-0.4, -0.2) is 47.5 Å². The van der Waals surface area contributed by atoms with E-state index >= 15 is 0 Å². The molecule has 0 bridgehead atoms. The highest BCUT2D eigenvalue weighted by Crippen LogP contribution is 2.49. The molecule has 8 nitrogen and oxygen atoms in total. The summed E-state index contributed by atoms with van der Waals surface area (Å²) >= 11 is 6.06. The van der Waals surface area contributed by atoms with Gasteiger partial charge in [-0.25, -0.2) is 0 Å². The maximum Gasteiger partial charge on any atom is 0.253 e. The monoisotopic (exact) mass is 568 g/mol. The molecule has 2 aliphatic heterocycles. The fourth-order valence-electron chi connectivity index (χ4n) is 6.87. The number of carbonyl (C=O) groups is 2. The van der Waals surface area contributed by atoms with Crippen molar-refractivity contribution in [3.63, 3.8) is 0 Å². The van der Waals surface area contributed by atoms with Crippen LogP contribution in [0.1, 0.15) is 65.7 Å². The van der Waals surface area contributed by atoms with Gasteiger partial charge in [-0.05, 0) is 75.1 Å². The summed E-state index contributed by atoms with van der Waals surface area (Å²) in [5.74, 6) is 0.439. The van der Waals surface area contributed by atoms with Crippen LogP contribution in [0.15, 0.2) is 55.0 Å². The van der Waals surface area contributed by atoms with Gasteiger partial charge in [-0.3, -0.25) is 19.6 Å². The Balaban J connectivity index is 1.11. The Bertz CT molecular complexity index is 1520. The molecule has 0 atom stereocenters. The smallest absolute Gasteiger partial charge is 0.253 e. The average molecular weight is 569 g/mol. The fraction of sp³-hybridized carbons (Fsp3) is 0.406. The van der Waals surface area contributed by atoms with Crippen LogP contribution >= 0.6 is 11.6 Å². The number of aryl methyl sites for hydroxylation is 1. The number of amides is 2. The lowest BCUT2D eigenvalue weighted by molar-refractivity contribution is -0.124. The molecule has 210 valence electrons. The van der Waals surface area contributed by atoms with Crippen LogP contribution in [-0.2, 0) is 10.2 Å². The van der Waals surface area contributed by atoms with Gasteiger partial charge in [0.05, 0.1) is 39.1 Å². The normalized spacial score (nSPS) is 21.4. The van der Waals surface area contributed by atoms with Crippen molar-refractivity contribution in [3.05, 3.63) is 82.4 Å². The molecule has 1 spiro atoms. The second kappa shape index (κ2) is 11.1. The minimum absolute atomic E-state index is 0.0974. The summed E-state index contributed by atoms with van der Waals surface area (Å²) in [6, 6.07) is 14.0. The van der Waals surface area contributed by atoms with Crippen LogP contribution in [0.5, 0.6) is 0 Å². The standard InChI is InChI=1S/C32H33ClN6O2/c1-21-26(16-24(33)18-36-21)30(40)37-25-8-6-22(7-9-25)20-39-28-5-3-2-4-27(28)32(31(39)41)11-14-38(15-12-32)29-19-35-13-10-23(29)17-34/h2-5,10,13,16,18-19,22,25H,6-9,11-12,14-15,20H2,1H3,(H,37,40). The zero-order valence-electron chi connectivity index (χ0n) is 23.1. The van der Waals surface area contributed by atoms with Gasteiger partial charge in [-0.15, -0.1) is 0 Å². The van der Waals surface area contributed by atoms with E-state index in [0.29, 0.717) is 60.2 Å². The van der Waals surface area contributed by atoms with Crippen molar-refractivity contribution < 1.29 is 9.59 Å². The van der Waals surface area contributed by atoms with Crippen LogP contribution in [0.25, 0.3) is 0 Å². The van der Waals surface area contributed by atoms with E-state index in [0.717, 1.165) is 42.6 Å². The van der Waals surface area contributed by atoms with Gasteiger partial charge in [0.2, 0.25) is 5.91 Å². The van der Waals surface area contributed by atoms with Crippen molar-refractivity contribution in [1.29, 1.82) is 5.26 Å². The molecule has 1 saturated carbocycles. The first-order valence-electron chi connectivity index (χ1n) is 14.3. The lowest BCUT2D eigenvalue weighted by atomic mass is 9.73. The number of anilines is 2. The van der Waals surface area contributed by atoms with Gasteiger partial charge in [0, 0.05) is 43.8 Å². The molecule has 0 unspecified atom stereocenters. The number of carbonyl (C=O) groups excluding carboxylic acids is 2. The highest BCUT2D eigenvalue weighted by Gasteiger charge is 2.52. The number of pyridine rings is 2. The molecule has 1 saturated heterocycles. The van der Waals surface area contributed by atoms with E-state index < -0.39 is 5.41 Å². The SMILES string of the molecule is Cc1ncc(Cl)cc1C(=O)NC1CCC(CN2C(=O)C3(CCN(c4cnccc4C#N)CC3)c3ccccc32)CC1. The Morgan fingerprint density at radius 3 is 2.63 bits per heavy atom. The first-order chi connectivity index (χ1) is 19.9. The van der Waals surface area contributed by atoms with Crippen molar-refractivity contribution in [3.8, 4) is 6.07 Å². The second-order valence-electron chi connectivity index (χ2n) is 11.5. The van der Waals surface area contributed by atoms with Gasteiger partial charge >= 0.3 is 0 Å². The van der Waals surface area contributed by atoms with Crippen molar-refractivity contribution in [2.24, 2.45) is 5.92 Å². The Hall–Kier alpha value is -3.96. The summed E-state index contributed by atoms with van der Waals surface area (Å²) in [5, 5.41) is 13.2. The van der Waals surface area contributed by atoms with Crippen LogP contribution in [0, 0.1) is 24.2 Å². The highest BCUT2D eigenvalue weighted by atomic mass is 35.5. The summed E-state index contributed by atoms with van der Waals surface area (Å²) in [7, 11) is 0. The quantitative estimate of drug-likeness (QED) is 0.455. The van der Waals surface area contributed by atoms with Gasteiger partial charge in [0.15, 0.2) is 0 Å². The molecular formula is C32H33ClN6O2. The molecule has 2 amide bonds. The van der Waals surface area contributed by atoms with Crippen LogP contribution < -0.4 is 15.1 Å².